The van der Waals surface area contributed by atoms with Gasteiger partial charge < -0.3 is 14.4 Å². The fourth-order valence-corrected chi connectivity index (χ4v) is 4.74. The highest BCUT2D eigenvalue weighted by Gasteiger charge is 2.29. The number of benzene rings is 1. The predicted octanol–water partition coefficient (Wildman–Crippen LogP) is 2.88. The van der Waals surface area contributed by atoms with Crippen molar-refractivity contribution < 1.29 is 22.7 Å². The van der Waals surface area contributed by atoms with Gasteiger partial charge in [0.05, 0.1) is 17.7 Å². The molecule has 0 aliphatic carbocycles. The number of likely N-dealkylation sites (N-methyl/N-ethyl adjacent to an activating group) is 1. The van der Waals surface area contributed by atoms with Crippen molar-refractivity contribution in [2.45, 2.75) is 31.3 Å². The minimum Gasteiger partial charge on any atom is -0.496 e. The van der Waals surface area contributed by atoms with E-state index in [1.165, 1.54) is 22.0 Å². The molecule has 0 saturated carbocycles. The summed E-state index contributed by atoms with van der Waals surface area (Å²) in [5, 5.41) is 0. The maximum Gasteiger partial charge on any atom is 0.418 e. The summed E-state index contributed by atoms with van der Waals surface area (Å²) >= 11 is 0. The third-order valence-corrected chi connectivity index (χ3v) is 6.78. The van der Waals surface area contributed by atoms with Crippen LogP contribution < -0.4 is 4.74 Å². The Balaban J connectivity index is 2.01. The van der Waals surface area contributed by atoms with Gasteiger partial charge in [-0.3, -0.25) is 4.57 Å². The molecule has 0 atom stereocenters. The number of carbonyl (C=O) groups excluding carboxylic acids is 1. The topological polar surface area (TPSA) is 81.1 Å². The molecule has 164 valence electrons. The van der Waals surface area contributed by atoms with Gasteiger partial charge in [0, 0.05) is 37.9 Å². The van der Waals surface area contributed by atoms with Gasteiger partial charge in [-0.25, -0.2) is 13.2 Å². The summed E-state index contributed by atoms with van der Waals surface area (Å²) < 4.78 is 40.2. The van der Waals surface area contributed by atoms with Crippen LogP contribution in [0.15, 0.2) is 41.4 Å². The van der Waals surface area contributed by atoms with Crippen molar-refractivity contribution in [2.24, 2.45) is 0 Å². The normalized spacial score (nSPS) is 16.4. The highest BCUT2D eigenvalue weighted by atomic mass is 32.2. The standard InChI is InChI=1S/C21H29N3O5S/c1-21(2,3)29-20(25)24-10-6-7-18(24)17-15-16(8-9-19(17)28-5)30(26,27)23-13-11-22(4)12-14-23/h6-10,15H,11-14H2,1-5H3. The van der Waals surface area contributed by atoms with Crippen LogP contribution in [0.25, 0.3) is 11.3 Å². The van der Waals surface area contributed by atoms with Crippen LogP contribution in [0.4, 0.5) is 4.79 Å². The monoisotopic (exact) mass is 435 g/mol. The molecule has 0 bridgehead atoms. The molecule has 0 radical (unpaired) electrons. The van der Waals surface area contributed by atoms with Gasteiger partial charge in [-0.05, 0) is 58.2 Å². The Bertz CT molecular complexity index is 1020. The first-order chi connectivity index (χ1) is 14.0. The lowest BCUT2D eigenvalue weighted by Crippen LogP contribution is -2.47. The molecule has 0 N–H and O–H groups in total. The van der Waals surface area contributed by atoms with Crippen LogP contribution in [-0.2, 0) is 14.8 Å². The number of sulfonamides is 1. The summed E-state index contributed by atoms with van der Waals surface area (Å²) in [5.74, 6) is 0.468. The van der Waals surface area contributed by atoms with Crippen molar-refractivity contribution in [3.05, 3.63) is 36.5 Å². The van der Waals surface area contributed by atoms with Crippen LogP contribution >= 0.6 is 0 Å². The largest absolute Gasteiger partial charge is 0.496 e. The van der Waals surface area contributed by atoms with E-state index in [0.717, 1.165) is 0 Å². The molecule has 0 amide bonds. The van der Waals surface area contributed by atoms with E-state index in [4.69, 9.17) is 9.47 Å². The first kappa shape index (κ1) is 22.3. The van der Waals surface area contributed by atoms with Crippen LogP contribution in [0.1, 0.15) is 20.8 Å². The molecule has 0 unspecified atom stereocenters. The van der Waals surface area contributed by atoms with Crippen LogP contribution in [0, 0.1) is 0 Å². The van der Waals surface area contributed by atoms with Gasteiger partial charge in [-0.15, -0.1) is 0 Å². The summed E-state index contributed by atoms with van der Waals surface area (Å²) in [7, 11) is -0.180. The number of methoxy groups -OCH3 is 1. The van der Waals surface area contributed by atoms with E-state index in [1.807, 2.05) is 7.05 Å². The fourth-order valence-electron chi connectivity index (χ4n) is 3.30. The average molecular weight is 436 g/mol. The Labute approximate surface area is 178 Å². The fraction of sp³-hybridized carbons (Fsp3) is 0.476. The smallest absolute Gasteiger partial charge is 0.418 e. The van der Waals surface area contributed by atoms with E-state index in [2.05, 4.69) is 4.90 Å². The zero-order chi connectivity index (χ0) is 22.1. The number of ether oxygens (including phenoxy) is 2. The van der Waals surface area contributed by atoms with Crippen LogP contribution in [0.2, 0.25) is 0 Å². The summed E-state index contributed by atoms with van der Waals surface area (Å²) in [6.45, 7) is 7.62. The van der Waals surface area contributed by atoms with E-state index >= 15 is 0 Å². The number of piperazine rings is 1. The minimum absolute atomic E-state index is 0.166. The second kappa shape index (κ2) is 8.41. The molecule has 1 saturated heterocycles. The second-order valence-corrected chi connectivity index (χ2v) is 10.3. The molecule has 1 aromatic heterocycles. The van der Waals surface area contributed by atoms with Gasteiger partial charge in [0.2, 0.25) is 10.0 Å². The van der Waals surface area contributed by atoms with E-state index in [0.29, 0.717) is 43.2 Å². The lowest BCUT2D eigenvalue weighted by atomic mass is 10.1. The quantitative estimate of drug-likeness (QED) is 0.735. The molecule has 2 aromatic rings. The Morgan fingerprint density at radius 3 is 2.33 bits per heavy atom. The Kier molecular flexibility index (Phi) is 6.26. The molecule has 0 spiro atoms. The Morgan fingerprint density at radius 1 is 1.07 bits per heavy atom. The van der Waals surface area contributed by atoms with E-state index < -0.39 is 21.7 Å². The van der Waals surface area contributed by atoms with E-state index in [-0.39, 0.29) is 4.90 Å². The molecule has 9 heteroatoms. The maximum absolute atomic E-state index is 13.2. The van der Waals surface area contributed by atoms with Crippen LogP contribution in [-0.4, -0.2) is 74.2 Å². The van der Waals surface area contributed by atoms with Gasteiger partial charge in [-0.2, -0.15) is 4.31 Å². The average Bonchev–Trinajstić information content (AvgIpc) is 3.16. The van der Waals surface area contributed by atoms with Crippen molar-refractivity contribution in [3.8, 4) is 17.0 Å². The third-order valence-electron chi connectivity index (χ3n) is 4.89. The summed E-state index contributed by atoms with van der Waals surface area (Å²) in [6.07, 6.45) is 1.04. The number of rotatable bonds is 4. The molecule has 1 fully saturated rings. The van der Waals surface area contributed by atoms with Crippen molar-refractivity contribution in [1.29, 1.82) is 0 Å². The number of nitrogens with zero attached hydrogens (tertiary/aromatic N) is 3. The Hall–Kier alpha value is -2.36. The van der Waals surface area contributed by atoms with Crippen molar-refractivity contribution in [1.82, 2.24) is 13.8 Å². The molecule has 8 nitrogen and oxygen atoms in total. The van der Waals surface area contributed by atoms with Gasteiger partial charge in [-0.1, -0.05) is 0 Å². The van der Waals surface area contributed by atoms with Gasteiger partial charge >= 0.3 is 6.09 Å². The maximum atomic E-state index is 13.2. The molecule has 30 heavy (non-hydrogen) atoms. The molecule has 3 rings (SSSR count). The lowest BCUT2D eigenvalue weighted by molar-refractivity contribution is 0.0540. The highest BCUT2D eigenvalue weighted by molar-refractivity contribution is 7.89. The summed E-state index contributed by atoms with van der Waals surface area (Å²) in [4.78, 5) is 14.9. The minimum atomic E-state index is -3.66. The van der Waals surface area contributed by atoms with Gasteiger partial charge in [0.15, 0.2) is 0 Å². The number of aromatic nitrogens is 1. The molecule has 1 aliphatic heterocycles. The number of hydrogen-bond donors (Lipinski definition) is 0. The predicted molar refractivity (Wildman–Crippen MR) is 114 cm³/mol. The molecule has 2 heterocycles. The summed E-state index contributed by atoms with van der Waals surface area (Å²) in [5.41, 5.74) is 0.343. The molecule has 1 aromatic carbocycles. The summed E-state index contributed by atoms with van der Waals surface area (Å²) in [6, 6.07) is 8.15. The van der Waals surface area contributed by atoms with Gasteiger partial charge in [0.25, 0.3) is 0 Å². The van der Waals surface area contributed by atoms with Crippen molar-refractivity contribution in [3.63, 3.8) is 0 Å². The second-order valence-electron chi connectivity index (χ2n) is 8.31. The number of carbonyl (C=O) groups is 1. The molecule has 1 aliphatic rings. The van der Waals surface area contributed by atoms with E-state index in [9.17, 15) is 13.2 Å². The van der Waals surface area contributed by atoms with Crippen LogP contribution in [0.5, 0.6) is 5.75 Å². The first-order valence-corrected chi connectivity index (χ1v) is 11.2. The zero-order valence-electron chi connectivity index (χ0n) is 18.1. The van der Waals surface area contributed by atoms with Crippen molar-refractivity contribution in [2.75, 3.05) is 40.3 Å². The van der Waals surface area contributed by atoms with Crippen molar-refractivity contribution >= 4 is 16.1 Å². The zero-order valence-corrected chi connectivity index (χ0v) is 18.9. The Morgan fingerprint density at radius 2 is 1.73 bits per heavy atom. The molecular formula is C21H29N3O5S. The van der Waals surface area contributed by atoms with Gasteiger partial charge in [0.1, 0.15) is 11.4 Å². The highest BCUT2D eigenvalue weighted by Crippen LogP contribution is 2.34. The van der Waals surface area contributed by atoms with Crippen LogP contribution in [0.3, 0.4) is 0 Å². The number of hydrogen-bond acceptors (Lipinski definition) is 6. The third kappa shape index (κ3) is 4.69. The SMILES string of the molecule is COc1ccc(S(=O)(=O)N2CCN(C)CC2)cc1-c1cccn1C(=O)OC(C)(C)C. The lowest BCUT2D eigenvalue weighted by Gasteiger charge is -2.31. The first-order valence-electron chi connectivity index (χ1n) is 9.81. The molecular weight excluding hydrogens is 406 g/mol. The van der Waals surface area contributed by atoms with E-state index in [1.54, 1.807) is 51.2 Å².